The maximum absolute atomic E-state index is 11.7. The van der Waals surface area contributed by atoms with Gasteiger partial charge in [0.15, 0.2) is 5.92 Å². The van der Waals surface area contributed by atoms with E-state index in [1.807, 2.05) is 24.3 Å². The zero-order valence-electron chi connectivity index (χ0n) is 11.3. The number of carboxylic acid groups (broad SMARTS) is 1. The van der Waals surface area contributed by atoms with E-state index in [0.29, 0.717) is 0 Å². The van der Waals surface area contributed by atoms with Gasteiger partial charge in [0, 0.05) is 31.0 Å². The number of carboxylic acids is 1. The molecule has 0 aromatic heterocycles. The first-order chi connectivity index (χ1) is 9.66. The molecule has 2 heterocycles. The third-order valence-electron chi connectivity index (χ3n) is 4.11. The molecule has 0 radical (unpaired) electrons. The van der Waals surface area contributed by atoms with Crippen LogP contribution in [-0.4, -0.2) is 36.6 Å². The van der Waals surface area contributed by atoms with Crippen molar-refractivity contribution < 1.29 is 14.7 Å². The Morgan fingerprint density at radius 2 is 1.65 bits per heavy atom. The molecule has 5 nitrogen and oxygen atoms in total. The monoisotopic (exact) mass is 274 g/mol. The van der Waals surface area contributed by atoms with E-state index in [-0.39, 0.29) is 12.5 Å². The first-order valence-electron chi connectivity index (χ1n) is 7.06. The van der Waals surface area contributed by atoms with Gasteiger partial charge in [-0.1, -0.05) is 0 Å². The number of hydrogen-bond donors (Lipinski definition) is 1. The molecular weight excluding hydrogens is 256 g/mol. The first kappa shape index (κ1) is 13.0. The van der Waals surface area contributed by atoms with Gasteiger partial charge in [-0.25, -0.2) is 0 Å². The van der Waals surface area contributed by atoms with Crippen LogP contribution >= 0.6 is 0 Å². The highest BCUT2D eigenvalue weighted by molar-refractivity contribution is 6.12. The number of amides is 1. The van der Waals surface area contributed by atoms with Crippen molar-refractivity contribution in [2.24, 2.45) is 5.92 Å². The van der Waals surface area contributed by atoms with Crippen LogP contribution in [0.4, 0.5) is 11.4 Å². The minimum absolute atomic E-state index is 0.275. The molecule has 5 heteroatoms. The molecule has 2 saturated heterocycles. The van der Waals surface area contributed by atoms with E-state index >= 15 is 0 Å². The summed E-state index contributed by atoms with van der Waals surface area (Å²) in [7, 11) is 0. The normalized spacial score (nSPS) is 22.6. The molecule has 0 saturated carbocycles. The van der Waals surface area contributed by atoms with Crippen LogP contribution in [0.25, 0.3) is 0 Å². The minimum atomic E-state index is -1.03. The van der Waals surface area contributed by atoms with Crippen LogP contribution in [0.2, 0.25) is 0 Å². The summed E-state index contributed by atoms with van der Waals surface area (Å²) in [5.74, 6) is -2.21. The number of anilines is 2. The summed E-state index contributed by atoms with van der Waals surface area (Å²) in [4.78, 5) is 26.4. The smallest absolute Gasteiger partial charge is 0.317 e. The van der Waals surface area contributed by atoms with Gasteiger partial charge in [0.2, 0.25) is 5.91 Å². The Balaban J connectivity index is 1.68. The third-order valence-corrected chi connectivity index (χ3v) is 4.11. The molecule has 2 aliphatic rings. The van der Waals surface area contributed by atoms with E-state index in [1.165, 1.54) is 29.8 Å². The number of piperidine rings is 1. The van der Waals surface area contributed by atoms with Crippen LogP contribution < -0.4 is 9.80 Å². The molecule has 2 fully saturated rings. The van der Waals surface area contributed by atoms with Crippen molar-refractivity contribution in [1.29, 1.82) is 0 Å². The number of aliphatic carboxylic acids is 1. The maximum atomic E-state index is 11.7. The summed E-state index contributed by atoms with van der Waals surface area (Å²) >= 11 is 0. The van der Waals surface area contributed by atoms with Crippen LogP contribution in [0.1, 0.15) is 19.3 Å². The Bertz CT molecular complexity index is 520. The Labute approximate surface area is 117 Å². The molecule has 1 atom stereocenters. The average Bonchev–Trinajstić information content (AvgIpc) is 2.47. The highest BCUT2D eigenvalue weighted by atomic mass is 16.4. The second-order valence-corrected chi connectivity index (χ2v) is 5.40. The van der Waals surface area contributed by atoms with Crippen LogP contribution in [0.15, 0.2) is 24.3 Å². The van der Waals surface area contributed by atoms with Crippen LogP contribution in [-0.2, 0) is 9.59 Å². The molecule has 1 unspecified atom stereocenters. The number of nitrogens with zero attached hydrogens (tertiary/aromatic N) is 2. The van der Waals surface area contributed by atoms with Gasteiger partial charge in [0.25, 0.3) is 0 Å². The maximum Gasteiger partial charge on any atom is 0.317 e. The quantitative estimate of drug-likeness (QED) is 0.673. The predicted octanol–water partition coefficient (Wildman–Crippen LogP) is 1.72. The van der Waals surface area contributed by atoms with E-state index in [0.717, 1.165) is 18.8 Å². The van der Waals surface area contributed by atoms with Crippen molar-refractivity contribution in [1.82, 2.24) is 0 Å². The molecule has 1 aromatic carbocycles. The van der Waals surface area contributed by atoms with E-state index in [4.69, 9.17) is 5.11 Å². The fourth-order valence-corrected chi connectivity index (χ4v) is 2.84. The Hall–Kier alpha value is -2.04. The summed E-state index contributed by atoms with van der Waals surface area (Å²) in [6, 6.07) is 7.84. The van der Waals surface area contributed by atoms with E-state index in [1.54, 1.807) is 0 Å². The average molecular weight is 274 g/mol. The topological polar surface area (TPSA) is 60.9 Å². The zero-order chi connectivity index (χ0) is 14.1. The lowest BCUT2D eigenvalue weighted by Gasteiger charge is -2.36. The van der Waals surface area contributed by atoms with Crippen molar-refractivity contribution in [2.45, 2.75) is 19.3 Å². The van der Waals surface area contributed by atoms with Gasteiger partial charge in [-0.2, -0.15) is 0 Å². The van der Waals surface area contributed by atoms with Gasteiger partial charge in [-0.3, -0.25) is 9.59 Å². The van der Waals surface area contributed by atoms with Gasteiger partial charge >= 0.3 is 5.97 Å². The molecule has 0 spiro atoms. The molecule has 2 aliphatic heterocycles. The predicted molar refractivity (Wildman–Crippen MR) is 76.0 cm³/mol. The second kappa shape index (κ2) is 5.15. The summed E-state index contributed by atoms with van der Waals surface area (Å²) in [6.07, 6.45) is 3.76. The van der Waals surface area contributed by atoms with Crippen LogP contribution in [0, 0.1) is 5.92 Å². The second-order valence-electron chi connectivity index (χ2n) is 5.40. The van der Waals surface area contributed by atoms with Crippen molar-refractivity contribution >= 4 is 23.3 Å². The van der Waals surface area contributed by atoms with Crippen LogP contribution in [0.3, 0.4) is 0 Å². The Kier molecular flexibility index (Phi) is 3.34. The van der Waals surface area contributed by atoms with Crippen molar-refractivity contribution in [3.63, 3.8) is 0 Å². The molecule has 0 aliphatic carbocycles. The number of hydrogen-bond acceptors (Lipinski definition) is 3. The molecule has 20 heavy (non-hydrogen) atoms. The fraction of sp³-hybridized carbons (Fsp3) is 0.467. The largest absolute Gasteiger partial charge is 0.481 e. The van der Waals surface area contributed by atoms with Gasteiger partial charge < -0.3 is 14.9 Å². The highest BCUT2D eigenvalue weighted by Gasteiger charge is 2.42. The molecular formula is C15H18N2O3. The van der Waals surface area contributed by atoms with Crippen LogP contribution in [0.5, 0.6) is 0 Å². The lowest BCUT2D eigenvalue weighted by molar-refractivity contribution is -0.149. The van der Waals surface area contributed by atoms with Crippen molar-refractivity contribution in [2.75, 3.05) is 29.4 Å². The molecule has 1 aromatic rings. The summed E-state index contributed by atoms with van der Waals surface area (Å²) in [5, 5.41) is 8.83. The lowest BCUT2D eigenvalue weighted by atomic mass is 9.98. The summed E-state index contributed by atoms with van der Waals surface area (Å²) < 4.78 is 0. The summed E-state index contributed by atoms with van der Waals surface area (Å²) in [5.41, 5.74) is 1.96. The van der Waals surface area contributed by atoms with E-state index in [9.17, 15) is 9.59 Å². The number of rotatable bonds is 3. The van der Waals surface area contributed by atoms with Gasteiger partial charge in [0.05, 0.1) is 0 Å². The molecule has 3 rings (SSSR count). The van der Waals surface area contributed by atoms with E-state index in [2.05, 4.69) is 4.90 Å². The van der Waals surface area contributed by atoms with Crippen molar-refractivity contribution in [3.8, 4) is 0 Å². The Morgan fingerprint density at radius 3 is 2.20 bits per heavy atom. The number of carbonyl (C=O) groups is 2. The fourth-order valence-electron chi connectivity index (χ4n) is 2.84. The number of benzene rings is 1. The lowest BCUT2D eigenvalue weighted by Crippen LogP contribution is -2.56. The van der Waals surface area contributed by atoms with Crippen molar-refractivity contribution in [3.05, 3.63) is 24.3 Å². The summed E-state index contributed by atoms with van der Waals surface area (Å²) in [6.45, 7) is 2.45. The van der Waals surface area contributed by atoms with Gasteiger partial charge in [0.1, 0.15) is 0 Å². The standard InChI is InChI=1S/C15H18N2O3/c18-14-13(15(19)20)10-17(14)12-6-4-11(5-7-12)16-8-2-1-3-9-16/h4-7,13H,1-3,8-10H2,(H,19,20). The SMILES string of the molecule is O=C(O)C1CN(c2ccc(N3CCCCC3)cc2)C1=O. The minimum Gasteiger partial charge on any atom is -0.481 e. The molecule has 0 bridgehead atoms. The molecule has 1 amide bonds. The Morgan fingerprint density at radius 1 is 1.05 bits per heavy atom. The van der Waals surface area contributed by atoms with Gasteiger partial charge in [-0.05, 0) is 43.5 Å². The molecule has 1 N–H and O–H groups in total. The zero-order valence-corrected chi connectivity index (χ0v) is 11.3. The van der Waals surface area contributed by atoms with E-state index < -0.39 is 11.9 Å². The highest BCUT2D eigenvalue weighted by Crippen LogP contribution is 2.29. The number of carbonyl (C=O) groups excluding carboxylic acids is 1. The molecule has 106 valence electrons. The first-order valence-corrected chi connectivity index (χ1v) is 7.06. The number of β-lactam (4-membered cyclic amide) rings is 1. The third kappa shape index (κ3) is 2.24. The van der Waals surface area contributed by atoms with Gasteiger partial charge in [-0.15, -0.1) is 0 Å².